The molecule has 0 bridgehead atoms. The summed E-state index contributed by atoms with van der Waals surface area (Å²) in [5.41, 5.74) is 0. The van der Waals surface area contributed by atoms with Gasteiger partial charge >= 0.3 is 0 Å². The van der Waals surface area contributed by atoms with E-state index < -0.39 is 0 Å². The second kappa shape index (κ2) is 21.5. The number of hydrogen-bond donors (Lipinski definition) is 3. The number of thiol groups is 1. The summed E-state index contributed by atoms with van der Waals surface area (Å²) in [6.45, 7) is 2.03. The lowest BCUT2D eigenvalue weighted by molar-refractivity contribution is 0.186. The van der Waals surface area contributed by atoms with Crippen molar-refractivity contribution in [3.05, 3.63) is 0 Å². The number of rotatable bonds is 11. The van der Waals surface area contributed by atoms with E-state index in [0.29, 0.717) is 0 Å². The predicted octanol–water partition coefficient (Wildman–Crippen LogP) is 3.81. The van der Waals surface area contributed by atoms with Crippen molar-refractivity contribution in [3.8, 4) is 0 Å². The third-order valence-electron chi connectivity index (χ3n) is 2.61. The monoisotopic (exact) mass is 264 g/mol. The third kappa shape index (κ3) is 26.1. The van der Waals surface area contributed by atoms with Gasteiger partial charge in [0.15, 0.2) is 0 Å². The second-order valence-electron chi connectivity index (χ2n) is 4.35. The zero-order chi connectivity index (χ0) is 13.2. The number of aliphatic hydroxyl groups excluding tert-OH is 2. The van der Waals surface area contributed by atoms with Gasteiger partial charge in [-0.05, 0) is 12.2 Å². The zero-order valence-corrected chi connectivity index (χ0v) is 12.4. The first-order valence-corrected chi connectivity index (χ1v) is 7.79. The molecule has 2 nitrogen and oxygen atoms in total. The molecule has 0 unspecified atom stereocenters. The van der Waals surface area contributed by atoms with Crippen LogP contribution in [0.1, 0.15) is 71.1 Å². The van der Waals surface area contributed by atoms with E-state index in [1.54, 1.807) is 0 Å². The molecule has 3 heteroatoms. The Kier molecular flexibility index (Phi) is 24.8. The van der Waals surface area contributed by atoms with E-state index in [0.717, 1.165) is 5.75 Å². The van der Waals surface area contributed by atoms with Crippen LogP contribution in [0.5, 0.6) is 0 Å². The highest BCUT2D eigenvalue weighted by Crippen LogP contribution is 2.10. The Hall–Kier alpha value is 0.270. The van der Waals surface area contributed by atoms with Gasteiger partial charge in [0.1, 0.15) is 0 Å². The lowest BCUT2D eigenvalue weighted by Crippen LogP contribution is -1.85. The summed E-state index contributed by atoms with van der Waals surface area (Å²) in [4.78, 5) is 0. The first-order chi connectivity index (χ1) is 8.33. The summed E-state index contributed by atoms with van der Waals surface area (Å²) in [6, 6.07) is 0. The van der Waals surface area contributed by atoms with Crippen molar-refractivity contribution < 1.29 is 10.2 Å². The third-order valence-corrected chi connectivity index (χ3v) is 2.93. The Bertz CT molecular complexity index is 98.4. The second-order valence-corrected chi connectivity index (χ2v) is 4.80. The molecule has 0 aliphatic rings. The van der Waals surface area contributed by atoms with Crippen LogP contribution in [0.25, 0.3) is 0 Å². The Labute approximate surface area is 113 Å². The van der Waals surface area contributed by atoms with Crippen molar-refractivity contribution in [2.24, 2.45) is 0 Å². The van der Waals surface area contributed by atoms with E-state index >= 15 is 0 Å². The van der Waals surface area contributed by atoms with Crippen molar-refractivity contribution in [2.75, 3.05) is 19.0 Å². The smallest absolute Gasteiger partial charge is 0.0662 e. The molecule has 0 aromatic rings. The fourth-order valence-corrected chi connectivity index (χ4v) is 1.82. The minimum Gasteiger partial charge on any atom is -0.394 e. The van der Waals surface area contributed by atoms with Crippen LogP contribution >= 0.6 is 12.6 Å². The van der Waals surface area contributed by atoms with E-state index in [-0.39, 0.29) is 13.2 Å². The van der Waals surface area contributed by atoms with Gasteiger partial charge in [-0.25, -0.2) is 0 Å². The molecule has 0 fully saturated rings. The lowest BCUT2D eigenvalue weighted by atomic mass is 10.1. The van der Waals surface area contributed by atoms with E-state index in [1.807, 2.05) is 0 Å². The van der Waals surface area contributed by atoms with Crippen molar-refractivity contribution >= 4 is 12.6 Å². The van der Waals surface area contributed by atoms with Gasteiger partial charge in [-0.2, -0.15) is 12.6 Å². The summed E-state index contributed by atoms with van der Waals surface area (Å²) in [7, 11) is 0. The fourth-order valence-electron chi connectivity index (χ4n) is 1.60. The molecule has 0 saturated carbocycles. The molecular formula is C14H32O2S. The number of aliphatic hydroxyl groups is 2. The minimum absolute atomic E-state index is 0.125. The molecule has 106 valence electrons. The van der Waals surface area contributed by atoms with Crippen LogP contribution < -0.4 is 0 Å². The maximum Gasteiger partial charge on any atom is 0.0662 e. The van der Waals surface area contributed by atoms with Crippen LogP contribution in [0.3, 0.4) is 0 Å². The van der Waals surface area contributed by atoms with Crippen LogP contribution in [-0.4, -0.2) is 29.2 Å². The van der Waals surface area contributed by atoms with Gasteiger partial charge in [0.05, 0.1) is 13.2 Å². The highest BCUT2D eigenvalue weighted by molar-refractivity contribution is 7.80. The van der Waals surface area contributed by atoms with Gasteiger partial charge in [-0.1, -0.05) is 64.7 Å². The van der Waals surface area contributed by atoms with Gasteiger partial charge in [0.25, 0.3) is 0 Å². The summed E-state index contributed by atoms with van der Waals surface area (Å²) in [5, 5.41) is 15.2. The topological polar surface area (TPSA) is 40.5 Å². The lowest BCUT2D eigenvalue weighted by Gasteiger charge is -2.00. The summed E-state index contributed by atoms with van der Waals surface area (Å²) in [5.74, 6) is 1.07. The van der Waals surface area contributed by atoms with Crippen LogP contribution in [0.4, 0.5) is 0 Å². The summed E-state index contributed by atoms with van der Waals surface area (Å²) >= 11 is 4.20. The SMILES string of the molecule is CCCCCCCCCCCCS.OCCO. The van der Waals surface area contributed by atoms with Crippen LogP contribution in [0, 0.1) is 0 Å². The molecule has 0 amide bonds. The standard InChI is InChI=1S/C12H26S.C2H6O2/c1-2-3-4-5-6-7-8-9-10-11-12-13;3-1-2-4/h13H,2-12H2,1H3;3-4H,1-2H2. The van der Waals surface area contributed by atoms with E-state index in [2.05, 4.69) is 19.6 Å². The molecule has 0 spiro atoms. The van der Waals surface area contributed by atoms with Gasteiger partial charge in [-0.3, -0.25) is 0 Å². The van der Waals surface area contributed by atoms with Gasteiger partial charge in [-0.15, -0.1) is 0 Å². The van der Waals surface area contributed by atoms with Crippen LogP contribution in [0.2, 0.25) is 0 Å². The van der Waals surface area contributed by atoms with E-state index in [1.165, 1.54) is 64.2 Å². The van der Waals surface area contributed by atoms with Crippen molar-refractivity contribution in [1.29, 1.82) is 0 Å². The Morgan fingerprint density at radius 3 is 1.29 bits per heavy atom. The Morgan fingerprint density at radius 2 is 1.00 bits per heavy atom. The molecule has 0 aliphatic heterocycles. The Balaban J connectivity index is 0. The minimum atomic E-state index is -0.125. The molecular weight excluding hydrogens is 232 g/mol. The van der Waals surface area contributed by atoms with Gasteiger partial charge in [0, 0.05) is 0 Å². The normalized spacial score (nSPS) is 9.88. The molecule has 0 atom stereocenters. The first kappa shape index (κ1) is 19.6. The summed E-state index contributed by atoms with van der Waals surface area (Å²) < 4.78 is 0. The maximum absolute atomic E-state index is 7.62. The highest BCUT2D eigenvalue weighted by Gasteiger charge is 1.91. The molecule has 0 rings (SSSR count). The quantitative estimate of drug-likeness (QED) is 0.392. The average molecular weight is 264 g/mol. The van der Waals surface area contributed by atoms with Crippen LogP contribution in [-0.2, 0) is 0 Å². The molecule has 0 aliphatic carbocycles. The predicted molar refractivity (Wildman–Crippen MR) is 79.9 cm³/mol. The average Bonchev–Trinajstić information content (AvgIpc) is 2.37. The van der Waals surface area contributed by atoms with Crippen molar-refractivity contribution in [3.63, 3.8) is 0 Å². The zero-order valence-electron chi connectivity index (χ0n) is 11.5. The highest BCUT2D eigenvalue weighted by atomic mass is 32.1. The summed E-state index contributed by atoms with van der Waals surface area (Å²) in [6.07, 6.45) is 14.2. The van der Waals surface area contributed by atoms with Gasteiger partial charge in [0.2, 0.25) is 0 Å². The molecule has 0 aromatic carbocycles. The first-order valence-electron chi connectivity index (χ1n) is 7.16. The molecule has 0 radical (unpaired) electrons. The molecule has 0 aromatic heterocycles. The van der Waals surface area contributed by atoms with Gasteiger partial charge < -0.3 is 10.2 Å². The number of hydrogen-bond acceptors (Lipinski definition) is 3. The Morgan fingerprint density at radius 1 is 0.647 bits per heavy atom. The van der Waals surface area contributed by atoms with E-state index in [9.17, 15) is 0 Å². The van der Waals surface area contributed by atoms with E-state index in [4.69, 9.17) is 10.2 Å². The van der Waals surface area contributed by atoms with Crippen molar-refractivity contribution in [2.45, 2.75) is 71.1 Å². The largest absolute Gasteiger partial charge is 0.394 e. The molecule has 2 N–H and O–H groups in total. The number of unbranched alkanes of at least 4 members (excludes halogenated alkanes) is 9. The fraction of sp³-hybridized carbons (Fsp3) is 1.00. The maximum atomic E-state index is 7.62. The van der Waals surface area contributed by atoms with Crippen molar-refractivity contribution in [1.82, 2.24) is 0 Å². The van der Waals surface area contributed by atoms with Crippen LogP contribution in [0.15, 0.2) is 0 Å². The molecule has 0 heterocycles. The molecule has 17 heavy (non-hydrogen) atoms. The molecule has 0 saturated heterocycles.